The maximum absolute atomic E-state index is 2.32. The summed E-state index contributed by atoms with van der Waals surface area (Å²) >= 11 is 0. The molecule has 6 aromatic carbocycles. The van der Waals surface area contributed by atoms with Crippen LogP contribution in [-0.2, 0) is 0 Å². The van der Waals surface area contributed by atoms with Crippen molar-refractivity contribution in [1.82, 2.24) is 4.90 Å². The summed E-state index contributed by atoms with van der Waals surface area (Å²) in [5.74, 6) is 0. The maximum atomic E-state index is 2.32. The first-order chi connectivity index (χ1) is 25.1. The van der Waals surface area contributed by atoms with Crippen molar-refractivity contribution in [2.24, 2.45) is 0 Å². The lowest BCUT2D eigenvalue weighted by Crippen LogP contribution is -2.23. The number of nitrogens with zero attached hydrogens (tertiary/aromatic N) is 6. The van der Waals surface area contributed by atoms with Crippen LogP contribution in [0.3, 0.4) is 0 Å². The number of fused-ring (bicyclic) bond motifs is 3. The van der Waals surface area contributed by atoms with Crippen LogP contribution in [0.4, 0.5) is 51.2 Å². The minimum absolute atomic E-state index is 1.18. The topological polar surface area (TPSA) is 19.4 Å². The van der Waals surface area contributed by atoms with Gasteiger partial charge in [-0.15, -0.1) is 0 Å². The van der Waals surface area contributed by atoms with E-state index in [9.17, 15) is 0 Å². The fourth-order valence-electron chi connectivity index (χ4n) is 6.32. The number of rotatable bonds is 3. The molecule has 0 spiro atoms. The molecule has 0 amide bonds. The van der Waals surface area contributed by atoms with Gasteiger partial charge >= 0.3 is 0 Å². The highest BCUT2D eigenvalue weighted by molar-refractivity contribution is 5.97. The Labute approximate surface area is 301 Å². The molecule has 3 heterocycles. The van der Waals surface area contributed by atoms with Crippen molar-refractivity contribution < 1.29 is 0 Å². The SMILES string of the molecule is CN1C=CN(c2ccccc2)C=C1.CN1C=CN(c2ccccc2)c2ccccc21.CN1c2ccccc2N(c2ccccc2)c2ccccc21. The molecule has 0 N–H and O–H groups in total. The lowest BCUT2D eigenvalue weighted by atomic mass is 10.1. The molecular formula is C45H42N6. The third-order valence-corrected chi connectivity index (χ3v) is 8.96. The van der Waals surface area contributed by atoms with Crippen LogP contribution in [-0.4, -0.2) is 26.0 Å². The Morgan fingerprint density at radius 3 is 1.25 bits per heavy atom. The Bertz CT molecular complexity index is 2070. The van der Waals surface area contributed by atoms with Crippen LogP contribution in [0.1, 0.15) is 0 Å². The molecular weight excluding hydrogens is 625 g/mol. The van der Waals surface area contributed by atoms with Gasteiger partial charge in [0.05, 0.1) is 34.1 Å². The average molecular weight is 667 g/mol. The fraction of sp³-hybridized carbons (Fsp3) is 0.0667. The smallest absolute Gasteiger partial charge is 0.0699 e. The van der Waals surface area contributed by atoms with E-state index >= 15 is 0 Å². The maximum Gasteiger partial charge on any atom is 0.0699 e. The zero-order chi connectivity index (χ0) is 35.0. The summed E-state index contributed by atoms with van der Waals surface area (Å²) in [5.41, 5.74) is 10.9. The van der Waals surface area contributed by atoms with Crippen molar-refractivity contribution in [2.45, 2.75) is 0 Å². The molecule has 0 bridgehead atoms. The number of anilines is 9. The first-order valence-corrected chi connectivity index (χ1v) is 17.1. The summed E-state index contributed by atoms with van der Waals surface area (Å²) in [6.07, 6.45) is 12.3. The zero-order valence-corrected chi connectivity index (χ0v) is 29.2. The Morgan fingerprint density at radius 1 is 0.314 bits per heavy atom. The van der Waals surface area contributed by atoms with Crippen LogP contribution in [0.2, 0.25) is 0 Å². The molecule has 51 heavy (non-hydrogen) atoms. The van der Waals surface area contributed by atoms with Gasteiger partial charge in [-0.2, -0.15) is 0 Å². The van der Waals surface area contributed by atoms with Crippen molar-refractivity contribution >= 4 is 51.2 Å². The van der Waals surface area contributed by atoms with Gasteiger partial charge < -0.3 is 29.4 Å². The minimum Gasteiger partial charge on any atom is -0.354 e. The van der Waals surface area contributed by atoms with Gasteiger partial charge in [0.1, 0.15) is 0 Å². The number of hydrogen-bond acceptors (Lipinski definition) is 6. The van der Waals surface area contributed by atoms with Crippen molar-refractivity contribution in [3.63, 3.8) is 0 Å². The van der Waals surface area contributed by atoms with E-state index in [1.54, 1.807) is 0 Å². The zero-order valence-electron chi connectivity index (χ0n) is 29.2. The van der Waals surface area contributed by atoms with Gasteiger partial charge in [-0.25, -0.2) is 0 Å². The minimum atomic E-state index is 1.18. The average Bonchev–Trinajstić information content (AvgIpc) is 3.20. The molecule has 0 radical (unpaired) electrons. The van der Waals surface area contributed by atoms with Gasteiger partial charge in [-0.3, -0.25) is 0 Å². The van der Waals surface area contributed by atoms with Crippen molar-refractivity contribution in [3.05, 3.63) is 201 Å². The van der Waals surface area contributed by atoms with E-state index in [1.807, 2.05) is 61.0 Å². The summed E-state index contributed by atoms with van der Waals surface area (Å²) in [5, 5.41) is 0. The van der Waals surface area contributed by atoms with Crippen LogP contribution in [0.25, 0.3) is 0 Å². The van der Waals surface area contributed by atoms with E-state index in [0.29, 0.717) is 0 Å². The Morgan fingerprint density at radius 2 is 0.725 bits per heavy atom. The van der Waals surface area contributed by atoms with Crippen LogP contribution in [0, 0.1) is 0 Å². The molecule has 6 heteroatoms. The first kappa shape index (κ1) is 32.9. The molecule has 0 aromatic heterocycles. The third kappa shape index (κ3) is 7.21. The highest BCUT2D eigenvalue weighted by atomic mass is 15.3. The van der Waals surface area contributed by atoms with Crippen molar-refractivity contribution in [3.8, 4) is 0 Å². The first-order valence-electron chi connectivity index (χ1n) is 17.1. The van der Waals surface area contributed by atoms with E-state index in [2.05, 4.69) is 191 Å². The summed E-state index contributed by atoms with van der Waals surface area (Å²) in [6, 6.07) is 56.6. The van der Waals surface area contributed by atoms with Gasteiger partial charge in [0.25, 0.3) is 0 Å². The molecule has 0 atom stereocenters. The van der Waals surface area contributed by atoms with Gasteiger partial charge in [0, 0.05) is 75.4 Å². The number of benzene rings is 6. The second-order valence-electron chi connectivity index (χ2n) is 12.3. The van der Waals surface area contributed by atoms with Crippen LogP contribution in [0.5, 0.6) is 0 Å². The quantitative estimate of drug-likeness (QED) is 0.186. The van der Waals surface area contributed by atoms with E-state index < -0.39 is 0 Å². The van der Waals surface area contributed by atoms with E-state index in [-0.39, 0.29) is 0 Å². The molecule has 6 nitrogen and oxygen atoms in total. The Balaban J connectivity index is 0.000000123. The van der Waals surface area contributed by atoms with Crippen LogP contribution < -0.4 is 24.5 Å². The van der Waals surface area contributed by atoms with E-state index in [4.69, 9.17) is 0 Å². The molecule has 6 aromatic rings. The molecule has 3 aliphatic rings. The van der Waals surface area contributed by atoms with E-state index in [0.717, 1.165) is 0 Å². The predicted octanol–water partition coefficient (Wildman–Crippen LogP) is 11.4. The lowest BCUT2D eigenvalue weighted by molar-refractivity contribution is 0.612. The molecule has 0 aliphatic carbocycles. The largest absolute Gasteiger partial charge is 0.354 e. The number of para-hydroxylation sites is 9. The molecule has 0 fully saturated rings. The monoisotopic (exact) mass is 666 g/mol. The normalized spacial score (nSPS) is 13.7. The second kappa shape index (κ2) is 15.3. The summed E-state index contributed by atoms with van der Waals surface area (Å²) < 4.78 is 0. The van der Waals surface area contributed by atoms with Gasteiger partial charge in [-0.05, 0) is 72.8 Å². The number of hydrogen-bond donors (Lipinski definition) is 0. The highest BCUT2D eigenvalue weighted by Gasteiger charge is 2.26. The summed E-state index contributed by atoms with van der Waals surface area (Å²) in [6.45, 7) is 0. The second-order valence-corrected chi connectivity index (χ2v) is 12.3. The molecule has 252 valence electrons. The van der Waals surface area contributed by atoms with Gasteiger partial charge in [0.15, 0.2) is 0 Å². The van der Waals surface area contributed by atoms with Gasteiger partial charge in [0.2, 0.25) is 0 Å². The van der Waals surface area contributed by atoms with E-state index in [1.165, 1.54) is 51.2 Å². The molecule has 9 rings (SSSR count). The van der Waals surface area contributed by atoms with Gasteiger partial charge in [-0.1, -0.05) is 91.0 Å². The highest BCUT2D eigenvalue weighted by Crippen LogP contribution is 2.50. The molecule has 3 aliphatic heterocycles. The molecule has 0 unspecified atom stereocenters. The van der Waals surface area contributed by atoms with Crippen LogP contribution in [0.15, 0.2) is 201 Å². The summed E-state index contributed by atoms with van der Waals surface area (Å²) in [4.78, 5) is 13.0. The molecule has 0 saturated heterocycles. The van der Waals surface area contributed by atoms with Crippen molar-refractivity contribution in [1.29, 1.82) is 0 Å². The fourth-order valence-corrected chi connectivity index (χ4v) is 6.32. The Hall–Kier alpha value is -6.66. The standard InChI is InChI=1S/C19H16N2.C15H14N2.C11H12N2/c1-20-16-11-5-7-13-18(16)21(15-9-3-2-4-10-15)19-14-8-6-12-17(19)20;1-16-11-12-17(13-7-3-2-4-8-13)15-10-6-5-9-14(15)16;1-12-7-9-13(10-8-12)11-5-3-2-4-6-11/h2-14H,1H3;2-12H,1H3;2-10H,1H3. The lowest BCUT2D eigenvalue weighted by Gasteiger charge is -2.38. The van der Waals surface area contributed by atoms with Crippen molar-refractivity contribution in [2.75, 3.05) is 45.6 Å². The predicted molar refractivity (Wildman–Crippen MR) is 217 cm³/mol. The Kier molecular flexibility index (Phi) is 9.84. The van der Waals surface area contributed by atoms with Crippen LogP contribution >= 0.6 is 0 Å². The molecule has 0 saturated carbocycles. The summed E-state index contributed by atoms with van der Waals surface area (Å²) in [7, 11) is 6.20. The third-order valence-electron chi connectivity index (χ3n) is 8.96.